The summed E-state index contributed by atoms with van der Waals surface area (Å²) >= 11 is 1.53. The third kappa shape index (κ3) is 2.44. The lowest BCUT2D eigenvalue weighted by Gasteiger charge is -2.10. The first-order valence-electron chi connectivity index (χ1n) is 5.30. The lowest BCUT2D eigenvalue weighted by Crippen LogP contribution is -2.16. The minimum absolute atomic E-state index is 0.544. The molecule has 1 heterocycles. The molecule has 0 amide bonds. The van der Waals surface area contributed by atoms with Crippen LogP contribution in [0.2, 0.25) is 0 Å². The highest BCUT2D eigenvalue weighted by atomic mass is 32.2. The van der Waals surface area contributed by atoms with Crippen molar-refractivity contribution in [1.29, 1.82) is 0 Å². The molecule has 2 N–H and O–H groups in total. The summed E-state index contributed by atoms with van der Waals surface area (Å²) in [7, 11) is 0. The van der Waals surface area contributed by atoms with Gasteiger partial charge in [0.2, 0.25) is 0 Å². The SMILES string of the molecule is CC(C)c1ccc(C2=NN=C(N)SC2)cc1. The van der Waals surface area contributed by atoms with Crippen LogP contribution in [0.3, 0.4) is 0 Å². The van der Waals surface area contributed by atoms with Crippen LogP contribution in [-0.2, 0) is 0 Å². The number of hydrogen-bond donors (Lipinski definition) is 1. The predicted molar refractivity (Wildman–Crippen MR) is 71.1 cm³/mol. The molecule has 0 saturated carbocycles. The number of nitrogens with two attached hydrogens (primary N) is 1. The highest BCUT2D eigenvalue weighted by Crippen LogP contribution is 2.18. The standard InChI is InChI=1S/C12H15N3S/c1-8(2)9-3-5-10(6-4-9)11-7-16-12(13)15-14-11/h3-6,8H,7H2,1-2H3,(H2,13,15). The highest BCUT2D eigenvalue weighted by molar-refractivity contribution is 8.14. The second kappa shape index (κ2) is 4.70. The Bertz CT molecular complexity index is 432. The molecule has 0 bridgehead atoms. The Morgan fingerprint density at radius 1 is 1.19 bits per heavy atom. The van der Waals surface area contributed by atoms with Gasteiger partial charge in [0, 0.05) is 5.75 Å². The predicted octanol–water partition coefficient (Wildman–Crippen LogP) is 2.58. The molecule has 0 spiro atoms. The van der Waals surface area contributed by atoms with Crippen molar-refractivity contribution in [2.45, 2.75) is 19.8 Å². The fourth-order valence-electron chi connectivity index (χ4n) is 1.51. The maximum absolute atomic E-state index is 5.54. The van der Waals surface area contributed by atoms with Crippen LogP contribution in [0.15, 0.2) is 34.5 Å². The van der Waals surface area contributed by atoms with E-state index < -0.39 is 0 Å². The average molecular weight is 233 g/mol. The van der Waals surface area contributed by atoms with Crippen molar-refractivity contribution in [3.8, 4) is 0 Å². The smallest absolute Gasteiger partial charge is 0.180 e. The summed E-state index contributed by atoms with van der Waals surface area (Å²) in [4.78, 5) is 0. The van der Waals surface area contributed by atoms with Gasteiger partial charge in [-0.25, -0.2) is 0 Å². The number of benzene rings is 1. The molecule has 4 heteroatoms. The Labute approximate surface area is 99.8 Å². The largest absolute Gasteiger partial charge is 0.377 e. The second-order valence-corrected chi connectivity index (χ2v) is 5.05. The second-order valence-electron chi connectivity index (χ2n) is 4.05. The number of amidine groups is 1. The Balaban J connectivity index is 2.22. The lowest BCUT2D eigenvalue weighted by molar-refractivity contribution is 0.866. The summed E-state index contributed by atoms with van der Waals surface area (Å²) in [5.74, 6) is 1.36. The number of nitrogens with zero attached hydrogens (tertiary/aromatic N) is 2. The third-order valence-corrected chi connectivity index (χ3v) is 3.33. The molecule has 2 rings (SSSR count). The van der Waals surface area contributed by atoms with Gasteiger partial charge in [-0.3, -0.25) is 0 Å². The number of thioether (sulfide) groups is 1. The summed E-state index contributed by atoms with van der Waals surface area (Å²) in [5.41, 5.74) is 9.02. The van der Waals surface area contributed by atoms with Gasteiger partial charge >= 0.3 is 0 Å². The Morgan fingerprint density at radius 2 is 1.88 bits per heavy atom. The monoisotopic (exact) mass is 233 g/mol. The molecule has 0 radical (unpaired) electrons. The minimum atomic E-state index is 0.544. The van der Waals surface area contributed by atoms with Crippen LogP contribution in [0.1, 0.15) is 30.9 Å². The van der Waals surface area contributed by atoms with E-state index in [-0.39, 0.29) is 0 Å². The topological polar surface area (TPSA) is 50.7 Å². The molecule has 1 aromatic carbocycles. The van der Waals surface area contributed by atoms with Crippen LogP contribution in [0.5, 0.6) is 0 Å². The van der Waals surface area contributed by atoms with Crippen LogP contribution >= 0.6 is 11.8 Å². The van der Waals surface area contributed by atoms with E-state index in [1.807, 2.05) is 0 Å². The van der Waals surface area contributed by atoms with Gasteiger partial charge in [-0.05, 0) is 17.0 Å². The van der Waals surface area contributed by atoms with Crippen molar-refractivity contribution >= 4 is 22.6 Å². The Kier molecular flexibility index (Phi) is 3.29. The van der Waals surface area contributed by atoms with Crippen LogP contribution < -0.4 is 5.73 Å². The normalized spacial score (nSPS) is 15.9. The first-order chi connectivity index (χ1) is 7.66. The van der Waals surface area contributed by atoms with E-state index in [0.29, 0.717) is 11.1 Å². The molecular formula is C12H15N3S. The van der Waals surface area contributed by atoms with Crippen LogP contribution in [0, 0.1) is 0 Å². The van der Waals surface area contributed by atoms with Gasteiger partial charge in [0.15, 0.2) is 5.17 Å². The van der Waals surface area contributed by atoms with Gasteiger partial charge < -0.3 is 5.73 Å². The van der Waals surface area contributed by atoms with E-state index in [0.717, 1.165) is 17.0 Å². The molecule has 1 aromatic rings. The van der Waals surface area contributed by atoms with Gasteiger partial charge in [-0.15, -0.1) is 5.10 Å². The van der Waals surface area contributed by atoms with Gasteiger partial charge in [0.05, 0.1) is 5.71 Å². The highest BCUT2D eigenvalue weighted by Gasteiger charge is 2.10. The molecule has 0 atom stereocenters. The molecule has 16 heavy (non-hydrogen) atoms. The summed E-state index contributed by atoms with van der Waals surface area (Å²) < 4.78 is 0. The molecule has 1 aliphatic rings. The van der Waals surface area contributed by atoms with Gasteiger partial charge in [0.1, 0.15) is 0 Å². The van der Waals surface area contributed by atoms with E-state index in [1.54, 1.807) is 0 Å². The van der Waals surface area contributed by atoms with Gasteiger partial charge in [-0.2, -0.15) is 5.10 Å². The molecule has 0 aromatic heterocycles. The Morgan fingerprint density at radius 3 is 2.38 bits per heavy atom. The van der Waals surface area contributed by atoms with E-state index >= 15 is 0 Å². The third-order valence-electron chi connectivity index (χ3n) is 2.54. The van der Waals surface area contributed by atoms with Gasteiger partial charge in [0.25, 0.3) is 0 Å². The van der Waals surface area contributed by atoms with E-state index in [9.17, 15) is 0 Å². The van der Waals surface area contributed by atoms with Crippen molar-refractivity contribution in [2.75, 3.05) is 5.75 Å². The zero-order valence-electron chi connectivity index (χ0n) is 9.47. The van der Waals surface area contributed by atoms with Crippen molar-refractivity contribution in [1.82, 2.24) is 0 Å². The van der Waals surface area contributed by atoms with Crippen LogP contribution in [0.4, 0.5) is 0 Å². The molecule has 1 aliphatic heterocycles. The molecule has 0 fully saturated rings. The minimum Gasteiger partial charge on any atom is -0.377 e. The summed E-state index contributed by atoms with van der Waals surface area (Å²) in [6.07, 6.45) is 0. The van der Waals surface area contributed by atoms with Crippen molar-refractivity contribution in [3.05, 3.63) is 35.4 Å². The molecule has 0 unspecified atom stereocenters. The van der Waals surface area contributed by atoms with Crippen molar-refractivity contribution < 1.29 is 0 Å². The van der Waals surface area contributed by atoms with Crippen LogP contribution in [0.25, 0.3) is 0 Å². The quantitative estimate of drug-likeness (QED) is 0.853. The van der Waals surface area contributed by atoms with Gasteiger partial charge in [-0.1, -0.05) is 49.9 Å². The molecular weight excluding hydrogens is 218 g/mol. The zero-order chi connectivity index (χ0) is 11.5. The maximum atomic E-state index is 5.54. The maximum Gasteiger partial charge on any atom is 0.180 e. The number of hydrogen-bond acceptors (Lipinski definition) is 4. The van der Waals surface area contributed by atoms with E-state index in [1.165, 1.54) is 17.3 Å². The number of rotatable bonds is 2. The van der Waals surface area contributed by atoms with E-state index in [2.05, 4.69) is 48.3 Å². The lowest BCUT2D eigenvalue weighted by atomic mass is 10.0. The fourth-order valence-corrected chi connectivity index (χ4v) is 2.12. The fraction of sp³-hybridized carbons (Fsp3) is 0.333. The molecule has 0 saturated heterocycles. The zero-order valence-corrected chi connectivity index (χ0v) is 10.3. The molecule has 0 aliphatic carbocycles. The summed E-state index contributed by atoms with van der Waals surface area (Å²) in [5, 5.41) is 8.55. The Hall–Kier alpha value is -1.29. The van der Waals surface area contributed by atoms with Crippen molar-refractivity contribution in [2.24, 2.45) is 15.9 Å². The van der Waals surface area contributed by atoms with Crippen LogP contribution in [-0.4, -0.2) is 16.6 Å². The first-order valence-corrected chi connectivity index (χ1v) is 6.28. The molecule has 3 nitrogen and oxygen atoms in total. The average Bonchev–Trinajstić information content (AvgIpc) is 2.30. The van der Waals surface area contributed by atoms with Crippen molar-refractivity contribution in [3.63, 3.8) is 0 Å². The summed E-state index contributed by atoms with van der Waals surface area (Å²) in [6, 6.07) is 8.50. The molecule has 84 valence electrons. The summed E-state index contributed by atoms with van der Waals surface area (Å²) in [6.45, 7) is 4.38. The van der Waals surface area contributed by atoms with E-state index in [4.69, 9.17) is 5.73 Å². The first kappa shape index (κ1) is 11.2.